The molecule has 0 atom stereocenters. The summed E-state index contributed by atoms with van der Waals surface area (Å²) in [6, 6.07) is 4.45. The molecule has 8 heteroatoms. The van der Waals surface area contributed by atoms with E-state index in [9.17, 15) is 13.2 Å². The average Bonchev–Trinajstić information content (AvgIpc) is 3.05. The lowest BCUT2D eigenvalue weighted by molar-refractivity contribution is -0.136. The van der Waals surface area contributed by atoms with Gasteiger partial charge in [-0.2, -0.15) is 4.31 Å². The molecule has 0 aromatic heterocycles. The van der Waals surface area contributed by atoms with Gasteiger partial charge in [0.05, 0.1) is 13.5 Å². The highest BCUT2D eigenvalue weighted by atomic mass is 32.2. The molecule has 1 heterocycles. The van der Waals surface area contributed by atoms with Crippen molar-refractivity contribution in [1.29, 1.82) is 0 Å². The van der Waals surface area contributed by atoms with Gasteiger partial charge in [0.15, 0.2) is 0 Å². The Morgan fingerprint density at radius 2 is 2.00 bits per heavy atom. The lowest BCUT2D eigenvalue weighted by atomic mass is 10.1. The van der Waals surface area contributed by atoms with Gasteiger partial charge in [-0.1, -0.05) is 6.07 Å². The molecular formula is C16H24N2O5S. The molecule has 7 nitrogen and oxygen atoms in total. The summed E-state index contributed by atoms with van der Waals surface area (Å²) in [6.07, 6.45) is 2.08. The molecular weight excluding hydrogens is 332 g/mol. The van der Waals surface area contributed by atoms with Gasteiger partial charge in [0, 0.05) is 20.1 Å². The molecule has 1 aliphatic rings. The topological polar surface area (TPSA) is 87.1 Å². The smallest absolute Gasteiger partial charge is 0.307 e. The standard InChI is InChI=1S/C16H24N2O5S/c1-17(9-10-18-7-3-4-8-18)24(21,22)15-11-13(12-16(19)20)5-6-14(15)23-2/h5-6,11H,3-4,7-10,12H2,1-2H3,(H,19,20). The lowest BCUT2D eigenvalue weighted by Gasteiger charge is -2.22. The summed E-state index contributed by atoms with van der Waals surface area (Å²) < 4.78 is 32.1. The molecule has 0 spiro atoms. The number of benzene rings is 1. The Balaban J connectivity index is 2.20. The molecule has 0 aliphatic carbocycles. The number of carbonyl (C=O) groups is 1. The summed E-state index contributed by atoms with van der Waals surface area (Å²) >= 11 is 0. The molecule has 1 aromatic rings. The van der Waals surface area contributed by atoms with E-state index in [1.165, 1.54) is 30.6 Å². The van der Waals surface area contributed by atoms with Crippen LogP contribution in [-0.2, 0) is 21.2 Å². The third kappa shape index (κ3) is 4.46. The quantitative estimate of drug-likeness (QED) is 0.749. The molecule has 0 saturated carbocycles. The number of carboxylic acids is 1. The van der Waals surface area contributed by atoms with Crippen LogP contribution in [0.4, 0.5) is 0 Å². The summed E-state index contributed by atoms with van der Waals surface area (Å²) in [5, 5.41) is 8.91. The zero-order chi connectivity index (χ0) is 17.7. The Kier molecular flexibility index (Phi) is 6.20. The fraction of sp³-hybridized carbons (Fsp3) is 0.562. The Morgan fingerprint density at radius 1 is 1.33 bits per heavy atom. The highest BCUT2D eigenvalue weighted by Gasteiger charge is 2.26. The number of nitrogens with zero attached hydrogens (tertiary/aromatic N) is 2. The summed E-state index contributed by atoms with van der Waals surface area (Å²) in [5.74, 6) is -0.789. The van der Waals surface area contributed by atoms with Gasteiger partial charge >= 0.3 is 5.97 Å². The van der Waals surface area contributed by atoms with Crippen LogP contribution < -0.4 is 4.74 Å². The van der Waals surface area contributed by atoms with Gasteiger partial charge in [0.1, 0.15) is 10.6 Å². The van der Waals surface area contributed by atoms with Gasteiger partial charge in [-0.3, -0.25) is 4.79 Å². The predicted molar refractivity (Wildman–Crippen MR) is 89.8 cm³/mol. The summed E-state index contributed by atoms with van der Waals surface area (Å²) in [7, 11) is -0.808. The van der Waals surface area contributed by atoms with E-state index in [-0.39, 0.29) is 17.1 Å². The van der Waals surface area contributed by atoms with Crippen LogP contribution in [-0.4, -0.2) is 69.0 Å². The molecule has 0 radical (unpaired) electrons. The molecule has 1 aliphatic heterocycles. The van der Waals surface area contributed by atoms with Crippen LogP contribution in [0, 0.1) is 0 Å². The number of carboxylic acid groups (broad SMARTS) is 1. The largest absolute Gasteiger partial charge is 0.495 e. The number of aliphatic carboxylic acids is 1. The fourth-order valence-corrected chi connectivity index (χ4v) is 4.15. The third-order valence-corrected chi connectivity index (χ3v) is 6.08. The van der Waals surface area contributed by atoms with Gasteiger partial charge in [0.25, 0.3) is 0 Å². The first-order valence-electron chi connectivity index (χ1n) is 7.92. The first-order chi connectivity index (χ1) is 11.3. The van der Waals surface area contributed by atoms with Crippen molar-refractivity contribution in [3.05, 3.63) is 23.8 Å². The SMILES string of the molecule is COc1ccc(CC(=O)O)cc1S(=O)(=O)N(C)CCN1CCCC1. The Bertz CT molecular complexity index is 684. The predicted octanol–water partition coefficient (Wildman–Crippen LogP) is 1.04. The van der Waals surface area contributed by atoms with E-state index in [0.29, 0.717) is 18.7 Å². The van der Waals surface area contributed by atoms with E-state index in [0.717, 1.165) is 25.9 Å². The fourth-order valence-electron chi connectivity index (χ4n) is 2.78. The molecule has 134 valence electrons. The van der Waals surface area contributed by atoms with Crippen LogP contribution in [0.5, 0.6) is 5.75 Å². The number of rotatable bonds is 8. The van der Waals surface area contributed by atoms with Crippen LogP contribution in [0.2, 0.25) is 0 Å². The van der Waals surface area contributed by atoms with Crippen molar-refractivity contribution >= 4 is 16.0 Å². The van der Waals surface area contributed by atoms with Crippen molar-refractivity contribution in [2.24, 2.45) is 0 Å². The number of methoxy groups -OCH3 is 1. The number of likely N-dealkylation sites (tertiary alicyclic amines) is 1. The first-order valence-corrected chi connectivity index (χ1v) is 9.36. The molecule has 24 heavy (non-hydrogen) atoms. The minimum atomic E-state index is -3.74. The van der Waals surface area contributed by atoms with Crippen molar-refractivity contribution in [3.8, 4) is 5.75 Å². The summed E-state index contributed by atoms with van der Waals surface area (Å²) in [5.41, 5.74) is 0.426. The molecule has 1 aromatic carbocycles. The normalized spacial score (nSPS) is 15.8. The van der Waals surface area contributed by atoms with Crippen LogP contribution in [0.3, 0.4) is 0 Å². The maximum Gasteiger partial charge on any atom is 0.307 e. The van der Waals surface area contributed by atoms with Crippen molar-refractivity contribution in [1.82, 2.24) is 9.21 Å². The number of ether oxygens (including phenoxy) is 1. The van der Waals surface area contributed by atoms with E-state index in [2.05, 4.69) is 4.90 Å². The van der Waals surface area contributed by atoms with Crippen molar-refractivity contribution in [3.63, 3.8) is 0 Å². The third-order valence-electron chi connectivity index (χ3n) is 4.20. The van der Waals surface area contributed by atoms with Crippen LogP contribution in [0.25, 0.3) is 0 Å². The molecule has 0 bridgehead atoms. The molecule has 1 saturated heterocycles. The molecule has 1 fully saturated rings. The number of hydrogen-bond donors (Lipinski definition) is 1. The van der Waals surface area contributed by atoms with E-state index >= 15 is 0 Å². The molecule has 2 rings (SSSR count). The monoisotopic (exact) mass is 356 g/mol. The number of hydrogen-bond acceptors (Lipinski definition) is 5. The number of likely N-dealkylation sites (N-methyl/N-ethyl adjacent to an activating group) is 1. The van der Waals surface area contributed by atoms with Crippen molar-refractivity contribution in [2.45, 2.75) is 24.2 Å². The van der Waals surface area contributed by atoms with Gasteiger partial charge in [-0.05, 0) is 43.6 Å². The maximum atomic E-state index is 12.8. The van der Waals surface area contributed by atoms with Gasteiger partial charge in [-0.25, -0.2) is 8.42 Å². The van der Waals surface area contributed by atoms with Gasteiger partial charge in [0.2, 0.25) is 10.0 Å². The minimum Gasteiger partial charge on any atom is -0.495 e. The zero-order valence-electron chi connectivity index (χ0n) is 14.1. The van der Waals surface area contributed by atoms with Crippen molar-refractivity contribution < 1.29 is 23.1 Å². The Labute approximate surface area is 142 Å². The number of sulfonamides is 1. The minimum absolute atomic E-state index is 0.00710. The lowest BCUT2D eigenvalue weighted by Crippen LogP contribution is -2.35. The summed E-state index contributed by atoms with van der Waals surface area (Å²) in [4.78, 5) is 13.1. The molecule has 1 N–H and O–H groups in total. The first kappa shape index (κ1) is 18.7. The Hall–Kier alpha value is -1.64. The van der Waals surface area contributed by atoms with Crippen molar-refractivity contribution in [2.75, 3.05) is 40.3 Å². The second-order valence-corrected chi connectivity index (χ2v) is 7.94. The van der Waals surface area contributed by atoms with Gasteiger partial charge in [-0.15, -0.1) is 0 Å². The van der Waals surface area contributed by atoms with Gasteiger partial charge < -0.3 is 14.7 Å². The summed E-state index contributed by atoms with van der Waals surface area (Å²) in [6.45, 7) is 3.08. The van der Waals surface area contributed by atoms with Crippen LogP contribution in [0.15, 0.2) is 23.1 Å². The molecule has 0 amide bonds. The van der Waals surface area contributed by atoms with E-state index < -0.39 is 16.0 Å². The second kappa shape index (κ2) is 7.96. The second-order valence-electron chi connectivity index (χ2n) is 5.93. The maximum absolute atomic E-state index is 12.8. The van der Waals surface area contributed by atoms with E-state index in [1.54, 1.807) is 6.07 Å². The van der Waals surface area contributed by atoms with Crippen LogP contribution >= 0.6 is 0 Å². The average molecular weight is 356 g/mol. The Morgan fingerprint density at radius 3 is 2.58 bits per heavy atom. The molecule has 0 unspecified atom stereocenters. The van der Waals surface area contributed by atoms with E-state index in [1.807, 2.05) is 0 Å². The van der Waals surface area contributed by atoms with Crippen LogP contribution in [0.1, 0.15) is 18.4 Å². The zero-order valence-corrected chi connectivity index (χ0v) is 14.9. The van der Waals surface area contributed by atoms with E-state index in [4.69, 9.17) is 9.84 Å². The highest BCUT2D eigenvalue weighted by molar-refractivity contribution is 7.89. The highest BCUT2D eigenvalue weighted by Crippen LogP contribution is 2.27.